The molecule has 1 aromatic heterocycles. The highest BCUT2D eigenvalue weighted by molar-refractivity contribution is 5.87. The molecule has 1 unspecified atom stereocenters. The van der Waals surface area contributed by atoms with Crippen LogP contribution in [0.15, 0.2) is 28.8 Å². The number of benzene rings is 1. The number of carbonyl (C=O) groups is 1. The largest absolute Gasteiger partial charge is 0.480 e. The van der Waals surface area contributed by atoms with Crippen LogP contribution in [0.4, 0.5) is 4.39 Å². The number of aromatic carboxylic acids is 1. The van der Waals surface area contributed by atoms with E-state index in [4.69, 9.17) is 14.4 Å². The number of carboxylic acid groups (broad SMARTS) is 1. The van der Waals surface area contributed by atoms with Gasteiger partial charge in [-0.05, 0) is 32.0 Å². The fraction of sp³-hybridized carbons (Fsp3) is 0.231. The molecule has 1 heterocycles. The molecular formula is C13H12FNO4. The molecular weight excluding hydrogens is 253 g/mol. The second kappa shape index (κ2) is 5.09. The monoisotopic (exact) mass is 265 g/mol. The number of halogens is 1. The number of hydrogen-bond acceptors (Lipinski definition) is 4. The van der Waals surface area contributed by atoms with Crippen molar-refractivity contribution < 1.29 is 23.6 Å². The van der Waals surface area contributed by atoms with Crippen molar-refractivity contribution in [1.82, 2.24) is 5.16 Å². The number of carboxylic acids is 1. The minimum atomic E-state index is -1.19. The van der Waals surface area contributed by atoms with Gasteiger partial charge in [0.15, 0.2) is 23.4 Å². The first kappa shape index (κ1) is 13.1. The van der Waals surface area contributed by atoms with E-state index in [1.165, 1.54) is 12.1 Å². The lowest BCUT2D eigenvalue weighted by molar-refractivity contribution is 0.0696. The Bertz CT molecular complexity index is 608. The minimum Gasteiger partial charge on any atom is -0.480 e. The van der Waals surface area contributed by atoms with Crippen molar-refractivity contribution in [3.05, 3.63) is 47.1 Å². The molecule has 1 N–H and O–H groups in total. The maximum absolute atomic E-state index is 13.7. The molecule has 5 nitrogen and oxygen atoms in total. The van der Waals surface area contributed by atoms with E-state index in [9.17, 15) is 9.18 Å². The Balaban J connectivity index is 2.17. The van der Waals surface area contributed by atoms with Crippen LogP contribution < -0.4 is 4.74 Å². The zero-order valence-corrected chi connectivity index (χ0v) is 10.4. The molecule has 0 radical (unpaired) electrons. The molecule has 0 amide bonds. The summed E-state index contributed by atoms with van der Waals surface area (Å²) in [6, 6.07) is 5.15. The highest BCUT2D eigenvalue weighted by Gasteiger charge is 2.16. The molecule has 1 atom stereocenters. The summed E-state index contributed by atoms with van der Waals surface area (Å²) < 4.78 is 24.0. The molecule has 0 bridgehead atoms. The Kier molecular flexibility index (Phi) is 3.50. The first-order valence-corrected chi connectivity index (χ1v) is 5.60. The average molecular weight is 265 g/mol. The number of rotatable bonds is 4. The van der Waals surface area contributed by atoms with Gasteiger partial charge in [-0.1, -0.05) is 5.16 Å². The molecule has 2 aromatic rings. The topological polar surface area (TPSA) is 72.6 Å². The maximum atomic E-state index is 13.7. The molecule has 0 aliphatic carbocycles. The highest BCUT2D eigenvalue weighted by atomic mass is 19.1. The van der Waals surface area contributed by atoms with Crippen LogP contribution in [-0.2, 0) is 0 Å². The summed E-state index contributed by atoms with van der Waals surface area (Å²) in [5.41, 5.74) is 0.570. The van der Waals surface area contributed by atoms with Gasteiger partial charge in [-0.3, -0.25) is 0 Å². The third kappa shape index (κ3) is 2.90. The lowest BCUT2D eigenvalue weighted by Crippen LogP contribution is -2.04. The number of hydrogen-bond donors (Lipinski definition) is 1. The normalized spacial score (nSPS) is 12.2. The molecule has 100 valence electrons. The van der Waals surface area contributed by atoms with Gasteiger partial charge in [0.05, 0.1) is 11.3 Å². The molecule has 0 aliphatic rings. The van der Waals surface area contributed by atoms with Crippen LogP contribution in [0.1, 0.15) is 34.8 Å². The van der Waals surface area contributed by atoms with E-state index in [1.54, 1.807) is 19.9 Å². The summed E-state index contributed by atoms with van der Waals surface area (Å²) in [7, 11) is 0. The zero-order chi connectivity index (χ0) is 14.0. The number of aryl methyl sites for hydroxylation is 1. The summed E-state index contributed by atoms with van der Waals surface area (Å²) in [5, 5.41) is 12.4. The summed E-state index contributed by atoms with van der Waals surface area (Å²) in [4.78, 5) is 10.7. The fourth-order valence-corrected chi connectivity index (χ4v) is 1.55. The van der Waals surface area contributed by atoms with Gasteiger partial charge in [0.1, 0.15) is 0 Å². The molecule has 0 aliphatic heterocycles. The van der Waals surface area contributed by atoms with E-state index in [1.807, 2.05) is 0 Å². The molecule has 2 rings (SSSR count). The number of aromatic nitrogens is 1. The first-order valence-electron chi connectivity index (χ1n) is 5.60. The van der Waals surface area contributed by atoms with Gasteiger partial charge in [0.25, 0.3) is 0 Å². The predicted octanol–water partition coefficient (Wildman–Crippen LogP) is 2.96. The van der Waals surface area contributed by atoms with Gasteiger partial charge in [-0.15, -0.1) is 0 Å². The van der Waals surface area contributed by atoms with Crippen molar-refractivity contribution >= 4 is 5.97 Å². The van der Waals surface area contributed by atoms with E-state index in [0.29, 0.717) is 11.5 Å². The van der Waals surface area contributed by atoms with E-state index < -0.39 is 17.9 Å². The van der Waals surface area contributed by atoms with Crippen molar-refractivity contribution in [2.45, 2.75) is 20.0 Å². The van der Waals surface area contributed by atoms with Crippen LogP contribution in [0, 0.1) is 12.7 Å². The van der Waals surface area contributed by atoms with E-state index in [-0.39, 0.29) is 11.3 Å². The molecule has 0 fully saturated rings. The fourth-order valence-electron chi connectivity index (χ4n) is 1.55. The summed E-state index contributed by atoms with van der Waals surface area (Å²) >= 11 is 0. The Morgan fingerprint density at radius 1 is 1.47 bits per heavy atom. The third-order valence-electron chi connectivity index (χ3n) is 2.53. The molecule has 6 heteroatoms. The average Bonchev–Trinajstić information content (AvgIpc) is 2.78. The Labute approximate surface area is 108 Å². The molecule has 0 saturated heterocycles. The lowest BCUT2D eigenvalue weighted by atomic mass is 10.2. The second-order valence-corrected chi connectivity index (χ2v) is 4.08. The minimum absolute atomic E-state index is 0.0356. The summed E-state index contributed by atoms with van der Waals surface area (Å²) in [6.07, 6.45) is -0.522. The standard InChI is InChI=1S/C13H12FNO4/c1-7-5-12(19-15-7)8(2)18-11-4-3-9(13(16)17)6-10(11)14/h3-6,8H,1-2H3,(H,16,17). The zero-order valence-electron chi connectivity index (χ0n) is 10.4. The van der Waals surface area contributed by atoms with Crippen LogP contribution in [0.5, 0.6) is 5.75 Å². The van der Waals surface area contributed by atoms with Crippen LogP contribution in [0.2, 0.25) is 0 Å². The van der Waals surface area contributed by atoms with Crippen molar-refractivity contribution in [1.29, 1.82) is 0 Å². The van der Waals surface area contributed by atoms with Crippen molar-refractivity contribution in [2.75, 3.05) is 0 Å². The molecule has 19 heavy (non-hydrogen) atoms. The SMILES string of the molecule is Cc1cc(C(C)Oc2ccc(C(=O)O)cc2F)on1. The van der Waals surface area contributed by atoms with E-state index in [2.05, 4.69) is 5.16 Å². The van der Waals surface area contributed by atoms with Crippen molar-refractivity contribution in [3.63, 3.8) is 0 Å². The van der Waals surface area contributed by atoms with Gasteiger partial charge in [0, 0.05) is 6.07 Å². The lowest BCUT2D eigenvalue weighted by Gasteiger charge is -2.12. The van der Waals surface area contributed by atoms with Crippen LogP contribution in [0.25, 0.3) is 0 Å². The Morgan fingerprint density at radius 2 is 2.21 bits per heavy atom. The molecule has 0 spiro atoms. The quantitative estimate of drug-likeness (QED) is 0.920. The van der Waals surface area contributed by atoms with E-state index >= 15 is 0 Å². The third-order valence-corrected chi connectivity index (χ3v) is 2.53. The number of ether oxygens (including phenoxy) is 1. The molecule has 1 aromatic carbocycles. The van der Waals surface area contributed by atoms with Gasteiger partial charge in [0.2, 0.25) is 0 Å². The second-order valence-electron chi connectivity index (χ2n) is 4.08. The van der Waals surface area contributed by atoms with E-state index in [0.717, 1.165) is 6.07 Å². The molecule has 0 saturated carbocycles. The predicted molar refractivity (Wildman–Crippen MR) is 63.6 cm³/mol. The smallest absolute Gasteiger partial charge is 0.335 e. The van der Waals surface area contributed by atoms with Crippen molar-refractivity contribution in [2.24, 2.45) is 0 Å². The van der Waals surface area contributed by atoms with Gasteiger partial charge in [-0.2, -0.15) is 0 Å². The Morgan fingerprint density at radius 3 is 2.74 bits per heavy atom. The number of nitrogens with zero attached hydrogens (tertiary/aromatic N) is 1. The first-order chi connectivity index (χ1) is 8.97. The van der Waals surface area contributed by atoms with Crippen molar-refractivity contribution in [3.8, 4) is 5.75 Å². The summed E-state index contributed by atoms with van der Waals surface area (Å²) in [5.74, 6) is -1.49. The van der Waals surface area contributed by atoms with Crippen LogP contribution in [0.3, 0.4) is 0 Å². The van der Waals surface area contributed by atoms with Gasteiger partial charge in [-0.25, -0.2) is 9.18 Å². The summed E-state index contributed by atoms with van der Waals surface area (Å²) in [6.45, 7) is 3.45. The van der Waals surface area contributed by atoms with Gasteiger partial charge >= 0.3 is 5.97 Å². The highest BCUT2D eigenvalue weighted by Crippen LogP contribution is 2.25. The maximum Gasteiger partial charge on any atom is 0.335 e. The van der Waals surface area contributed by atoms with Crippen LogP contribution >= 0.6 is 0 Å². The van der Waals surface area contributed by atoms with Gasteiger partial charge < -0.3 is 14.4 Å². The Hall–Kier alpha value is -2.37. The van der Waals surface area contributed by atoms with Crippen LogP contribution in [-0.4, -0.2) is 16.2 Å².